The van der Waals surface area contributed by atoms with Gasteiger partial charge in [-0.15, -0.1) is 0 Å². The van der Waals surface area contributed by atoms with Gasteiger partial charge in [0, 0.05) is 12.1 Å². The molecule has 0 aliphatic carbocycles. The van der Waals surface area contributed by atoms with Gasteiger partial charge >= 0.3 is 5.97 Å². The van der Waals surface area contributed by atoms with E-state index in [4.69, 9.17) is 9.47 Å². The summed E-state index contributed by atoms with van der Waals surface area (Å²) in [6.45, 7) is -0.00136. The summed E-state index contributed by atoms with van der Waals surface area (Å²) in [4.78, 5) is 25.9. The molecular weight excluding hydrogens is 449 g/mol. The van der Waals surface area contributed by atoms with Crippen molar-refractivity contribution in [2.24, 2.45) is 0 Å². The molecule has 35 heavy (non-hydrogen) atoms. The average molecular weight is 474 g/mol. The Balaban J connectivity index is 1.55. The van der Waals surface area contributed by atoms with E-state index in [0.717, 1.165) is 21.9 Å². The van der Waals surface area contributed by atoms with E-state index in [1.165, 1.54) is 24.1 Å². The Labute approximate surface area is 202 Å². The predicted molar refractivity (Wildman–Crippen MR) is 130 cm³/mol. The average Bonchev–Trinajstić information content (AvgIpc) is 2.87. The fourth-order valence-corrected chi connectivity index (χ4v) is 3.79. The first-order valence-electron chi connectivity index (χ1n) is 11.0. The van der Waals surface area contributed by atoms with Gasteiger partial charge in [-0.05, 0) is 70.4 Å². The molecule has 0 aliphatic rings. The van der Waals surface area contributed by atoms with Crippen LogP contribution in [0.3, 0.4) is 0 Å². The van der Waals surface area contributed by atoms with Crippen LogP contribution in [0.25, 0.3) is 10.8 Å². The number of carbonyl (C=O) groups is 2. The number of fused-ring (bicyclic) bond motifs is 1. The monoisotopic (exact) mass is 473 g/mol. The Morgan fingerprint density at radius 3 is 2.31 bits per heavy atom. The van der Waals surface area contributed by atoms with Gasteiger partial charge in [0.2, 0.25) is 0 Å². The first-order chi connectivity index (χ1) is 16.9. The second-order valence-corrected chi connectivity index (χ2v) is 8.00. The lowest BCUT2D eigenvalue weighted by atomic mass is 10.0. The summed E-state index contributed by atoms with van der Waals surface area (Å²) in [5.74, 6) is -0.516. The molecule has 1 N–H and O–H groups in total. The molecule has 0 fully saturated rings. The maximum atomic E-state index is 13.1. The van der Waals surface area contributed by atoms with Crippen molar-refractivity contribution in [3.05, 3.63) is 107 Å². The quantitative estimate of drug-likeness (QED) is 0.357. The van der Waals surface area contributed by atoms with E-state index in [1.807, 2.05) is 36.4 Å². The maximum Gasteiger partial charge on any atom is 0.323 e. The van der Waals surface area contributed by atoms with Crippen molar-refractivity contribution in [1.29, 1.82) is 0 Å². The van der Waals surface area contributed by atoms with Crippen molar-refractivity contribution in [2.75, 3.05) is 13.7 Å². The van der Waals surface area contributed by atoms with Gasteiger partial charge in [0.15, 0.2) is 0 Å². The van der Waals surface area contributed by atoms with E-state index >= 15 is 0 Å². The van der Waals surface area contributed by atoms with Crippen LogP contribution in [0.2, 0.25) is 0 Å². The van der Waals surface area contributed by atoms with Crippen LogP contribution >= 0.6 is 0 Å². The van der Waals surface area contributed by atoms with Gasteiger partial charge in [-0.3, -0.25) is 9.59 Å². The molecule has 0 radical (unpaired) electrons. The van der Waals surface area contributed by atoms with Crippen LogP contribution in [0.4, 0.5) is 4.39 Å². The van der Waals surface area contributed by atoms with E-state index in [9.17, 15) is 19.1 Å². The van der Waals surface area contributed by atoms with Crippen LogP contribution in [0.5, 0.6) is 11.5 Å². The maximum absolute atomic E-state index is 13.1. The van der Waals surface area contributed by atoms with Gasteiger partial charge in [-0.25, -0.2) is 4.39 Å². The highest BCUT2D eigenvalue weighted by molar-refractivity contribution is 5.96. The van der Waals surface area contributed by atoms with E-state index in [0.29, 0.717) is 23.7 Å². The second kappa shape index (κ2) is 10.7. The number of carboxylic acids is 1. The van der Waals surface area contributed by atoms with Crippen LogP contribution in [-0.2, 0) is 17.9 Å². The lowest BCUT2D eigenvalue weighted by molar-refractivity contribution is -0.137. The first-order valence-corrected chi connectivity index (χ1v) is 11.0. The number of aliphatic carboxylic acids is 1. The van der Waals surface area contributed by atoms with Crippen LogP contribution < -0.4 is 9.47 Å². The SMILES string of the molecule is COc1ccc(C(=O)N(CC(=O)O)Cc2cccc3cc(OCc4ccc(F)cc4)ccc23)cc1. The second-order valence-electron chi connectivity index (χ2n) is 8.00. The molecule has 0 aromatic heterocycles. The third kappa shape index (κ3) is 5.95. The highest BCUT2D eigenvalue weighted by Gasteiger charge is 2.20. The Bertz CT molecular complexity index is 1340. The number of benzene rings is 4. The van der Waals surface area contributed by atoms with Gasteiger partial charge in [0.1, 0.15) is 30.5 Å². The molecule has 0 unspecified atom stereocenters. The number of carbonyl (C=O) groups excluding carboxylic acids is 1. The molecule has 0 heterocycles. The zero-order chi connectivity index (χ0) is 24.8. The molecule has 1 amide bonds. The van der Waals surface area contributed by atoms with Gasteiger partial charge < -0.3 is 19.5 Å². The van der Waals surface area contributed by atoms with Gasteiger partial charge in [0.05, 0.1) is 7.11 Å². The van der Waals surface area contributed by atoms with Crippen molar-refractivity contribution in [1.82, 2.24) is 4.90 Å². The molecule has 0 saturated carbocycles. The van der Waals surface area contributed by atoms with Crippen LogP contribution in [-0.4, -0.2) is 35.5 Å². The zero-order valence-corrected chi connectivity index (χ0v) is 19.1. The summed E-state index contributed by atoms with van der Waals surface area (Å²) in [6.07, 6.45) is 0. The number of hydrogen-bond acceptors (Lipinski definition) is 4. The molecule has 7 heteroatoms. The lowest BCUT2D eigenvalue weighted by Gasteiger charge is -2.22. The smallest absolute Gasteiger partial charge is 0.323 e. The Kier molecular flexibility index (Phi) is 7.26. The minimum atomic E-state index is -1.09. The van der Waals surface area contributed by atoms with Gasteiger partial charge in [0.25, 0.3) is 5.91 Å². The summed E-state index contributed by atoms with van der Waals surface area (Å²) < 4.78 is 24.1. The molecule has 0 aliphatic heterocycles. The van der Waals surface area contributed by atoms with Crippen LogP contribution in [0.1, 0.15) is 21.5 Å². The third-order valence-electron chi connectivity index (χ3n) is 5.57. The predicted octanol–water partition coefficient (Wildman–Crippen LogP) is 5.29. The molecule has 4 rings (SSSR count). The largest absolute Gasteiger partial charge is 0.497 e. The van der Waals surface area contributed by atoms with Crippen molar-refractivity contribution in [3.8, 4) is 11.5 Å². The molecule has 0 spiro atoms. The fraction of sp³-hybridized carbons (Fsp3) is 0.143. The highest BCUT2D eigenvalue weighted by Crippen LogP contribution is 2.26. The van der Waals surface area contributed by atoms with E-state index in [1.54, 1.807) is 36.4 Å². The van der Waals surface area contributed by atoms with Gasteiger partial charge in [-0.1, -0.05) is 36.4 Å². The summed E-state index contributed by atoms with van der Waals surface area (Å²) >= 11 is 0. The Morgan fingerprint density at radius 2 is 1.63 bits per heavy atom. The van der Waals surface area contributed by atoms with Crippen molar-refractivity contribution in [2.45, 2.75) is 13.2 Å². The van der Waals surface area contributed by atoms with Crippen molar-refractivity contribution < 1.29 is 28.6 Å². The van der Waals surface area contributed by atoms with E-state index < -0.39 is 12.5 Å². The summed E-state index contributed by atoms with van der Waals surface area (Å²) in [5.41, 5.74) is 2.04. The molecule has 6 nitrogen and oxygen atoms in total. The van der Waals surface area contributed by atoms with E-state index in [2.05, 4.69) is 0 Å². The summed E-state index contributed by atoms with van der Waals surface area (Å²) in [5, 5.41) is 11.2. The number of carboxylic acid groups (broad SMARTS) is 1. The Hall–Kier alpha value is -4.39. The number of nitrogens with zero attached hydrogens (tertiary/aromatic N) is 1. The number of rotatable bonds is 9. The molecule has 0 saturated heterocycles. The molecule has 178 valence electrons. The lowest BCUT2D eigenvalue weighted by Crippen LogP contribution is -2.35. The van der Waals surface area contributed by atoms with Crippen molar-refractivity contribution in [3.63, 3.8) is 0 Å². The fourth-order valence-electron chi connectivity index (χ4n) is 3.79. The van der Waals surface area contributed by atoms with Crippen LogP contribution in [0.15, 0.2) is 84.9 Å². The topological polar surface area (TPSA) is 76.1 Å². The van der Waals surface area contributed by atoms with Gasteiger partial charge in [-0.2, -0.15) is 0 Å². The Morgan fingerprint density at radius 1 is 0.914 bits per heavy atom. The number of halogens is 1. The molecule has 4 aromatic rings. The van der Waals surface area contributed by atoms with Crippen LogP contribution in [0, 0.1) is 5.82 Å². The number of hydrogen-bond donors (Lipinski definition) is 1. The minimum Gasteiger partial charge on any atom is -0.497 e. The molecule has 0 bridgehead atoms. The molecular formula is C28H24FNO5. The number of methoxy groups -OCH3 is 1. The highest BCUT2D eigenvalue weighted by atomic mass is 19.1. The molecule has 0 atom stereocenters. The number of amides is 1. The third-order valence-corrected chi connectivity index (χ3v) is 5.57. The zero-order valence-electron chi connectivity index (χ0n) is 19.1. The minimum absolute atomic E-state index is 0.129. The normalized spacial score (nSPS) is 10.7. The number of ether oxygens (including phenoxy) is 2. The standard InChI is InChI=1S/C28H24FNO5/c1-34-24-11-7-20(8-12-24)28(33)30(17-27(31)32)16-22-4-2-3-21-15-25(13-14-26(21)22)35-18-19-5-9-23(29)10-6-19/h2-15H,16-18H2,1H3,(H,31,32). The first kappa shape index (κ1) is 23.8. The van der Waals surface area contributed by atoms with Crippen molar-refractivity contribution >= 4 is 22.6 Å². The molecule has 4 aromatic carbocycles. The summed E-state index contributed by atoms with van der Waals surface area (Å²) in [6, 6.07) is 23.9. The summed E-state index contributed by atoms with van der Waals surface area (Å²) in [7, 11) is 1.54. The van der Waals surface area contributed by atoms with E-state index in [-0.39, 0.29) is 18.3 Å².